The normalized spacial score (nSPS) is 15.3. The number of hydrogen-bond donors (Lipinski definition) is 1. The van der Waals surface area contributed by atoms with E-state index >= 15 is 0 Å². The highest BCUT2D eigenvalue weighted by atomic mass is 32.1. The lowest BCUT2D eigenvalue weighted by Crippen LogP contribution is -2.51. The number of thiophene rings is 1. The van der Waals surface area contributed by atoms with E-state index in [-0.39, 0.29) is 6.03 Å². The van der Waals surface area contributed by atoms with Crippen molar-refractivity contribution in [1.82, 2.24) is 15.2 Å². The number of carbonyl (C=O) groups is 1. The highest BCUT2D eigenvalue weighted by Crippen LogP contribution is 2.19. The van der Waals surface area contributed by atoms with E-state index in [0.717, 1.165) is 31.3 Å². The monoisotopic (exact) mass is 322 g/mol. The van der Waals surface area contributed by atoms with Crippen LogP contribution in [0.5, 0.6) is 0 Å². The molecule has 1 aliphatic heterocycles. The number of nitrogens with zero attached hydrogens (tertiary/aromatic N) is 3. The van der Waals surface area contributed by atoms with Gasteiger partial charge in [-0.2, -0.15) is 0 Å². The van der Waals surface area contributed by atoms with Gasteiger partial charge in [-0.1, -0.05) is 0 Å². The summed E-state index contributed by atoms with van der Waals surface area (Å²) in [6.45, 7) is 5.88. The molecule has 2 aromatic heterocycles. The van der Waals surface area contributed by atoms with E-state index in [4.69, 9.17) is 0 Å². The number of carbonyl (C=O) groups excluding carboxylic acids is 1. The van der Waals surface area contributed by atoms with Gasteiger partial charge in [0.15, 0.2) is 5.13 Å². The molecule has 0 atom stereocenters. The van der Waals surface area contributed by atoms with Crippen molar-refractivity contribution in [3.63, 3.8) is 0 Å². The van der Waals surface area contributed by atoms with E-state index in [1.165, 1.54) is 10.4 Å². The zero-order valence-electron chi connectivity index (χ0n) is 11.9. The molecule has 7 heteroatoms. The Kier molecular flexibility index (Phi) is 4.40. The third kappa shape index (κ3) is 3.36. The number of rotatable bonds is 3. The lowest BCUT2D eigenvalue weighted by atomic mass is 10.3. The summed E-state index contributed by atoms with van der Waals surface area (Å²) in [5, 5.41) is 8.10. The Hall–Kier alpha value is -1.60. The van der Waals surface area contributed by atoms with Crippen LogP contribution in [0.4, 0.5) is 9.93 Å². The minimum Gasteiger partial charge on any atom is -0.345 e. The maximum absolute atomic E-state index is 12.2. The molecular formula is C14H18N4OS2. The first-order chi connectivity index (χ1) is 10.2. The maximum Gasteiger partial charge on any atom is 0.317 e. The number of thiazole rings is 1. The molecule has 112 valence electrons. The van der Waals surface area contributed by atoms with Crippen LogP contribution in [0.15, 0.2) is 23.0 Å². The highest BCUT2D eigenvalue weighted by Gasteiger charge is 2.22. The Labute approximate surface area is 132 Å². The fourth-order valence-corrected chi connectivity index (χ4v) is 3.87. The molecule has 0 radical (unpaired) electrons. The molecule has 2 aromatic rings. The number of anilines is 1. The smallest absolute Gasteiger partial charge is 0.317 e. The number of piperazine rings is 1. The van der Waals surface area contributed by atoms with E-state index in [1.807, 2.05) is 16.5 Å². The van der Waals surface area contributed by atoms with Gasteiger partial charge in [0.2, 0.25) is 0 Å². The van der Waals surface area contributed by atoms with Crippen molar-refractivity contribution in [2.75, 3.05) is 31.1 Å². The fraction of sp³-hybridized carbons (Fsp3) is 0.429. The summed E-state index contributed by atoms with van der Waals surface area (Å²) in [4.78, 5) is 21.8. The number of urea groups is 1. The lowest BCUT2D eigenvalue weighted by molar-refractivity contribution is 0.194. The molecule has 0 unspecified atom stereocenters. The van der Waals surface area contributed by atoms with Crippen LogP contribution in [0.1, 0.15) is 10.4 Å². The largest absolute Gasteiger partial charge is 0.345 e. The molecule has 1 fully saturated rings. The molecule has 3 rings (SSSR count). The molecule has 1 aliphatic rings. The predicted octanol–water partition coefficient (Wildman–Crippen LogP) is 2.54. The van der Waals surface area contributed by atoms with Crippen LogP contribution in [-0.4, -0.2) is 42.1 Å². The molecule has 0 spiro atoms. The average Bonchev–Trinajstić information content (AvgIpc) is 3.17. The Morgan fingerprint density at radius 3 is 2.71 bits per heavy atom. The summed E-state index contributed by atoms with van der Waals surface area (Å²) >= 11 is 3.33. The van der Waals surface area contributed by atoms with Gasteiger partial charge in [0.05, 0.1) is 6.54 Å². The van der Waals surface area contributed by atoms with Crippen LogP contribution in [0.3, 0.4) is 0 Å². The Morgan fingerprint density at radius 1 is 1.29 bits per heavy atom. The second-order valence-corrected chi connectivity index (χ2v) is 6.85. The van der Waals surface area contributed by atoms with E-state index in [9.17, 15) is 4.79 Å². The summed E-state index contributed by atoms with van der Waals surface area (Å²) in [7, 11) is 0. The summed E-state index contributed by atoms with van der Waals surface area (Å²) in [6, 6.07) is 2.11. The second-order valence-electron chi connectivity index (χ2n) is 4.97. The number of aryl methyl sites for hydroxylation is 1. The molecule has 1 N–H and O–H groups in total. The minimum atomic E-state index is 0.0292. The van der Waals surface area contributed by atoms with Gasteiger partial charge in [-0.3, -0.25) is 0 Å². The SMILES string of the molecule is Cc1ccsc1CNC(=O)N1CCN(c2nccs2)CC1. The van der Waals surface area contributed by atoms with Crippen LogP contribution in [0, 0.1) is 6.92 Å². The van der Waals surface area contributed by atoms with E-state index < -0.39 is 0 Å². The predicted molar refractivity (Wildman–Crippen MR) is 87.2 cm³/mol. The van der Waals surface area contributed by atoms with E-state index in [0.29, 0.717) is 6.54 Å². The van der Waals surface area contributed by atoms with Gasteiger partial charge in [-0.05, 0) is 23.9 Å². The average molecular weight is 322 g/mol. The molecule has 1 saturated heterocycles. The Balaban J connectivity index is 1.48. The van der Waals surface area contributed by atoms with Gasteiger partial charge in [0, 0.05) is 42.6 Å². The summed E-state index contributed by atoms with van der Waals surface area (Å²) < 4.78 is 0. The van der Waals surface area contributed by atoms with Crippen molar-refractivity contribution < 1.29 is 4.79 Å². The number of aromatic nitrogens is 1. The Morgan fingerprint density at radius 2 is 2.10 bits per heavy atom. The van der Waals surface area contributed by atoms with Crippen LogP contribution in [0.25, 0.3) is 0 Å². The minimum absolute atomic E-state index is 0.0292. The lowest BCUT2D eigenvalue weighted by Gasteiger charge is -2.34. The van der Waals surface area contributed by atoms with Crippen molar-refractivity contribution in [3.05, 3.63) is 33.5 Å². The second kappa shape index (κ2) is 6.44. The number of amides is 2. The molecular weight excluding hydrogens is 304 g/mol. The first kappa shape index (κ1) is 14.3. The van der Waals surface area contributed by atoms with Crippen molar-refractivity contribution in [1.29, 1.82) is 0 Å². The van der Waals surface area contributed by atoms with Gasteiger partial charge in [0.25, 0.3) is 0 Å². The summed E-state index contributed by atoms with van der Waals surface area (Å²) in [5.74, 6) is 0. The quantitative estimate of drug-likeness (QED) is 0.945. The number of nitrogens with one attached hydrogen (secondary N) is 1. The van der Waals surface area contributed by atoms with Gasteiger partial charge in [-0.25, -0.2) is 9.78 Å². The highest BCUT2D eigenvalue weighted by molar-refractivity contribution is 7.13. The van der Waals surface area contributed by atoms with Crippen molar-refractivity contribution in [3.8, 4) is 0 Å². The van der Waals surface area contributed by atoms with Crippen LogP contribution in [0.2, 0.25) is 0 Å². The molecule has 2 amide bonds. The van der Waals surface area contributed by atoms with Gasteiger partial charge in [0.1, 0.15) is 0 Å². The molecule has 0 bridgehead atoms. The molecule has 0 aromatic carbocycles. The molecule has 0 aliphatic carbocycles. The zero-order valence-corrected chi connectivity index (χ0v) is 13.5. The zero-order chi connectivity index (χ0) is 14.7. The Bertz CT molecular complexity index is 588. The number of hydrogen-bond acceptors (Lipinski definition) is 5. The third-order valence-corrected chi connectivity index (χ3v) is 5.48. The van der Waals surface area contributed by atoms with Crippen LogP contribution < -0.4 is 10.2 Å². The van der Waals surface area contributed by atoms with Crippen molar-refractivity contribution in [2.45, 2.75) is 13.5 Å². The van der Waals surface area contributed by atoms with Crippen LogP contribution >= 0.6 is 22.7 Å². The summed E-state index contributed by atoms with van der Waals surface area (Å²) in [6.07, 6.45) is 1.82. The first-order valence-electron chi connectivity index (χ1n) is 6.94. The van der Waals surface area contributed by atoms with E-state index in [2.05, 4.69) is 33.6 Å². The van der Waals surface area contributed by atoms with Crippen molar-refractivity contribution >= 4 is 33.8 Å². The summed E-state index contributed by atoms with van der Waals surface area (Å²) in [5.41, 5.74) is 1.24. The van der Waals surface area contributed by atoms with E-state index in [1.54, 1.807) is 22.7 Å². The fourth-order valence-electron chi connectivity index (χ4n) is 2.33. The van der Waals surface area contributed by atoms with Crippen molar-refractivity contribution in [2.24, 2.45) is 0 Å². The molecule has 0 saturated carbocycles. The molecule has 5 nitrogen and oxygen atoms in total. The van der Waals surface area contributed by atoms with Gasteiger partial charge in [-0.15, -0.1) is 22.7 Å². The van der Waals surface area contributed by atoms with Crippen LogP contribution in [-0.2, 0) is 6.54 Å². The van der Waals surface area contributed by atoms with Gasteiger partial charge < -0.3 is 15.1 Å². The third-order valence-electron chi connectivity index (χ3n) is 3.63. The maximum atomic E-state index is 12.2. The molecule has 21 heavy (non-hydrogen) atoms. The first-order valence-corrected chi connectivity index (χ1v) is 8.70. The topological polar surface area (TPSA) is 48.5 Å². The molecule has 3 heterocycles. The van der Waals surface area contributed by atoms with Gasteiger partial charge >= 0.3 is 6.03 Å². The standard InChI is InChI=1S/C14H18N4OS2/c1-11-2-8-20-12(11)10-16-13(19)17-4-6-18(7-5-17)14-15-3-9-21-14/h2-3,8-9H,4-7,10H2,1H3,(H,16,19).